The molecule has 0 aromatic rings. The molecular weight excluding hydrogens is 196 g/mol. The van der Waals surface area contributed by atoms with Crippen molar-refractivity contribution in [2.24, 2.45) is 0 Å². The molecule has 1 fully saturated rings. The molecule has 1 heterocycles. The molecule has 0 N–H and O–H groups in total. The lowest BCUT2D eigenvalue weighted by Gasteiger charge is -2.03. The minimum absolute atomic E-state index is 0.0438. The molecule has 3 nitrogen and oxygen atoms in total. The van der Waals surface area contributed by atoms with Crippen LogP contribution in [0.3, 0.4) is 0 Å². The van der Waals surface area contributed by atoms with Crippen LogP contribution in [0, 0.1) is 0 Å². The Labute approximate surface area is 77.8 Å². The number of rotatable bonds is 5. The first-order chi connectivity index (χ1) is 5.41. The van der Waals surface area contributed by atoms with Crippen molar-refractivity contribution in [1.82, 2.24) is 0 Å². The zero-order valence-electron chi connectivity index (χ0n) is 7.37. The predicted molar refractivity (Wildman–Crippen MR) is 51.4 cm³/mol. The fraction of sp³-hybridized carbons (Fsp3) is 1.00. The molecule has 1 aliphatic heterocycles. The van der Waals surface area contributed by atoms with Gasteiger partial charge in [-0.2, -0.15) is 11.8 Å². The van der Waals surface area contributed by atoms with Gasteiger partial charge in [-0.3, -0.25) is 0 Å². The van der Waals surface area contributed by atoms with Crippen molar-refractivity contribution in [3.8, 4) is 0 Å². The Balaban J connectivity index is 2.04. The van der Waals surface area contributed by atoms with Gasteiger partial charge in [0.25, 0.3) is 0 Å². The maximum Gasteiger partial charge on any atom is 0.148 e. The first kappa shape index (κ1) is 10.3. The van der Waals surface area contributed by atoms with Crippen molar-refractivity contribution in [2.75, 3.05) is 30.1 Å². The van der Waals surface area contributed by atoms with E-state index in [9.17, 15) is 8.42 Å². The van der Waals surface area contributed by atoms with Gasteiger partial charge in [0.05, 0.1) is 18.0 Å². The minimum atomic E-state index is -2.78. The van der Waals surface area contributed by atoms with Gasteiger partial charge in [-0.1, -0.05) is 0 Å². The molecule has 0 spiro atoms. The van der Waals surface area contributed by atoms with Gasteiger partial charge in [-0.05, 0) is 6.92 Å². The third kappa shape index (κ3) is 4.33. The smallest absolute Gasteiger partial charge is 0.148 e. The van der Waals surface area contributed by atoms with Crippen LogP contribution in [0.2, 0.25) is 0 Å². The van der Waals surface area contributed by atoms with Gasteiger partial charge in [0, 0.05) is 17.8 Å². The Hall–Kier alpha value is 0.260. The van der Waals surface area contributed by atoms with Crippen molar-refractivity contribution < 1.29 is 13.2 Å². The lowest BCUT2D eigenvalue weighted by atomic mass is 10.3. The van der Waals surface area contributed by atoms with E-state index in [0.717, 1.165) is 12.4 Å². The standard InChI is InChI=1S/C7H14O3S2/c1-7(5-10-7)6-11-3-4-12(2,8)9/h3-6H2,1-2H3. The van der Waals surface area contributed by atoms with Gasteiger partial charge in [0.2, 0.25) is 0 Å². The molecule has 0 aromatic carbocycles. The lowest BCUT2D eigenvalue weighted by Crippen LogP contribution is -2.11. The molecule has 1 saturated heterocycles. The molecule has 1 rings (SSSR count). The van der Waals surface area contributed by atoms with E-state index in [1.54, 1.807) is 11.8 Å². The highest BCUT2D eigenvalue weighted by Crippen LogP contribution is 2.29. The Kier molecular flexibility index (Phi) is 3.06. The summed E-state index contributed by atoms with van der Waals surface area (Å²) in [7, 11) is -2.78. The van der Waals surface area contributed by atoms with Crippen LogP contribution in [0.5, 0.6) is 0 Å². The van der Waals surface area contributed by atoms with E-state index in [-0.39, 0.29) is 11.4 Å². The Morgan fingerprint density at radius 2 is 2.17 bits per heavy atom. The van der Waals surface area contributed by atoms with E-state index in [1.807, 2.05) is 6.92 Å². The molecule has 0 saturated carbocycles. The van der Waals surface area contributed by atoms with E-state index in [2.05, 4.69) is 0 Å². The molecular formula is C7H14O3S2. The average Bonchev–Trinajstić information content (AvgIpc) is 2.60. The van der Waals surface area contributed by atoms with Crippen molar-refractivity contribution in [1.29, 1.82) is 0 Å². The Morgan fingerprint density at radius 3 is 2.58 bits per heavy atom. The zero-order chi connectivity index (χ0) is 9.24. The van der Waals surface area contributed by atoms with Crippen LogP contribution in [-0.4, -0.2) is 44.1 Å². The summed E-state index contributed by atoms with van der Waals surface area (Å²) in [5.41, 5.74) is 0.0438. The number of ether oxygens (including phenoxy) is 1. The van der Waals surface area contributed by atoms with Crippen LogP contribution in [0.4, 0.5) is 0 Å². The second kappa shape index (κ2) is 3.55. The third-order valence-corrected chi connectivity index (χ3v) is 4.15. The van der Waals surface area contributed by atoms with Gasteiger partial charge in [0.1, 0.15) is 9.84 Å². The highest BCUT2D eigenvalue weighted by Gasteiger charge is 2.38. The Morgan fingerprint density at radius 1 is 1.58 bits per heavy atom. The van der Waals surface area contributed by atoms with E-state index in [1.165, 1.54) is 6.26 Å². The predicted octanol–water partition coefficient (Wildman–Crippen LogP) is 0.553. The molecule has 1 unspecified atom stereocenters. The molecule has 1 aliphatic rings. The molecule has 5 heteroatoms. The van der Waals surface area contributed by atoms with Gasteiger partial charge in [0.15, 0.2) is 0 Å². The Bertz CT molecular complexity index is 241. The number of hydrogen-bond acceptors (Lipinski definition) is 4. The van der Waals surface area contributed by atoms with Crippen LogP contribution in [-0.2, 0) is 14.6 Å². The summed E-state index contributed by atoms with van der Waals surface area (Å²) in [6.07, 6.45) is 1.27. The molecule has 12 heavy (non-hydrogen) atoms. The molecule has 0 aromatic heterocycles. The highest BCUT2D eigenvalue weighted by atomic mass is 32.2. The first-order valence-electron chi connectivity index (χ1n) is 3.81. The molecule has 0 radical (unpaired) electrons. The largest absolute Gasteiger partial charge is 0.369 e. The second-order valence-corrected chi connectivity index (χ2v) is 6.79. The summed E-state index contributed by atoms with van der Waals surface area (Å²) < 4.78 is 26.6. The van der Waals surface area contributed by atoms with Crippen LogP contribution >= 0.6 is 11.8 Å². The molecule has 0 aliphatic carbocycles. The third-order valence-electron chi connectivity index (χ3n) is 1.64. The summed E-state index contributed by atoms with van der Waals surface area (Å²) in [5, 5.41) is 0. The fourth-order valence-corrected chi connectivity index (χ4v) is 3.13. The fourth-order valence-electron chi connectivity index (χ4n) is 0.705. The van der Waals surface area contributed by atoms with Crippen LogP contribution in [0.15, 0.2) is 0 Å². The SMILES string of the molecule is CC1(CSCCS(C)(=O)=O)CO1. The molecule has 1 atom stereocenters. The lowest BCUT2D eigenvalue weighted by molar-refractivity contribution is 0.348. The van der Waals surface area contributed by atoms with E-state index in [4.69, 9.17) is 4.74 Å². The zero-order valence-corrected chi connectivity index (χ0v) is 9.00. The van der Waals surface area contributed by atoms with Gasteiger partial charge < -0.3 is 4.74 Å². The average molecular weight is 210 g/mol. The second-order valence-electron chi connectivity index (χ2n) is 3.42. The topological polar surface area (TPSA) is 46.7 Å². The first-order valence-corrected chi connectivity index (χ1v) is 7.02. The van der Waals surface area contributed by atoms with Crippen LogP contribution < -0.4 is 0 Å². The number of sulfone groups is 1. The maximum atomic E-state index is 10.7. The van der Waals surface area contributed by atoms with Gasteiger partial charge in [-0.25, -0.2) is 8.42 Å². The minimum Gasteiger partial charge on any atom is -0.369 e. The maximum absolute atomic E-state index is 10.7. The van der Waals surface area contributed by atoms with E-state index >= 15 is 0 Å². The summed E-state index contributed by atoms with van der Waals surface area (Å²) in [6.45, 7) is 2.86. The van der Waals surface area contributed by atoms with Crippen molar-refractivity contribution in [3.63, 3.8) is 0 Å². The summed E-state index contributed by atoms with van der Waals surface area (Å²) in [4.78, 5) is 0. The summed E-state index contributed by atoms with van der Waals surface area (Å²) in [6, 6.07) is 0. The van der Waals surface area contributed by atoms with Crippen LogP contribution in [0.25, 0.3) is 0 Å². The van der Waals surface area contributed by atoms with Gasteiger partial charge >= 0.3 is 0 Å². The number of thioether (sulfide) groups is 1. The number of hydrogen-bond donors (Lipinski definition) is 0. The molecule has 0 amide bonds. The van der Waals surface area contributed by atoms with Gasteiger partial charge in [-0.15, -0.1) is 0 Å². The molecule has 0 bridgehead atoms. The summed E-state index contributed by atoms with van der Waals surface area (Å²) in [5.74, 6) is 1.86. The highest BCUT2D eigenvalue weighted by molar-refractivity contribution is 8.00. The van der Waals surface area contributed by atoms with Crippen LogP contribution in [0.1, 0.15) is 6.92 Å². The van der Waals surface area contributed by atoms with Crippen molar-refractivity contribution in [3.05, 3.63) is 0 Å². The van der Waals surface area contributed by atoms with E-state index in [0.29, 0.717) is 5.75 Å². The number of epoxide rings is 1. The van der Waals surface area contributed by atoms with Crippen molar-refractivity contribution >= 4 is 21.6 Å². The summed E-state index contributed by atoms with van der Waals surface area (Å²) >= 11 is 1.65. The quantitative estimate of drug-likeness (QED) is 0.491. The molecule has 72 valence electrons. The monoisotopic (exact) mass is 210 g/mol. The van der Waals surface area contributed by atoms with Crippen molar-refractivity contribution in [2.45, 2.75) is 12.5 Å². The normalized spacial score (nSPS) is 28.8. The van der Waals surface area contributed by atoms with E-state index < -0.39 is 9.84 Å².